The van der Waals surface area contributed by atoms with Crippen molar-refractivity contribution < 1.29 is 14.5 Å². The van der Waals surface area contributed by atoms with E-state index in [0.29, 0.717) is 6.61 Å². The molecular weight excluding hydrogens is 356 g/mol. The van der Waals surface area contributed by atoms with Gasteiger partial charge in [0.15, 0.2) is 0 Å². The van der Waals surface area contributed by atoms with Gasteiger partial charge in [0.05, 0.1) is 22.1 Å². The standard InChI is InChI=1S/C19H21ClN2O4/c1-19(2,3)13-4-7-15(8-5-13)26-11-10-21-18(23)16-9-6-14(22(24)25)12-17(16)20/h4-9,12H,10-11H2,1-3H3,(H,21,23). The molecule has 0 spiro atoms. The molecule has 0 aliphatic heterocycles. The summed E-state index contributed by atoms with van der Waals surface area (Å²) in [6, 6.07) is 11.6. The normalized spacial score (nSPS) is 11.1. The van der Waals surface area contributed by atoms with E-state index in [1.807, 2.05) is 24.3 Å². The van der Waals surface area contributed by atoms with E-state index in [1.54, 1.807) is 0 Å². The maximum Gasteiger partial charge on any atom is 0.270 e. The first kappa shape index (κ1) is 19.7. The van der Waals surface area contributed by atoms with E-state index in [1.165, 1.54) is 17.7 Å². The van der Waals surface area contributed by atoms with E-state index in [4.69, 9.17) is 16.3 Å². The topological polar surface area (TPSA) is 81.5 Å². The van der Waals surface area contributed by atoms with Gasteiger partial charge >= 0.3 is 0 Å². The van der Waals surface area contributed by atoms with Gasteiger partial charge in [0, 0.05) is 12.1 Å². The van der Waals surface area contributed by atoms with Crippen molar-refractivity contribution in [1.29, 1.82) is 0 Å². The Bertz CT molecular complexity index is 798. The summed E-state index contributed by atoms with van der Waals surface area (Å²) in [6.45, 7) is 7.00. The third-order valence-electron chi connectivity index (χ3n) is 3.78. The van der Waals surface area contributed by atoms with Gasteiger partial charge in [0.25, 0.3) is 11.6 Å². The van der Waals surface area contributed by atoms with Crippen molar-refractivity contribution in [1.82, 2.24) is 5.32 Å². The molecule has 0 bridgehead atoms. The molecule has 0 fully saturated rings. The Morgan fingerprint density at radius 2 is 1.85 bits per heavy atom. The Hall–Kier alpha value is -2.60. The molecule has 1 amide bonds. The lowest BCUT2D eigenvalue weighted by Gasteiger charge is -2.19. The maximum absolute atomic E-state index is 12.1. The van der Waals surface area contributed by atoms with E-state index >= 15 is 0 Å². The zero-order valence-electron chi connectivity index (χ0n) is 14.9. The molecule has 2 aromatic rings. The van der Waals surface area contributed by atoms with Gasteiger partial charge in [-0.05, 0) is 29.2 Å². The number of halogens is 1. The molecule has 2 aromatic carbocycles. The number of nitro groups is 1. The lowest BCUT2D eigenvalue weighted by Crippen LogP contribution is -2.28. The highest BCUT2D eigenvalue weighted by Gasteiger charge is 2.15. The number of carbonyl (C=O) groups excluding carboxylic acids is 1. The maximum atomic E-state index is 12.1. The summed E-state index contributed by atoms with van der Waals surface area (Å²) in [7, 11) is 0. The van der Waals surface area contributed by atoms with Gasteiger partial charge in [0.2, 0.25) is 0 Å². The van der Waals surface area contributed by atoms with E-state index in [-0.39, 0.29) is 28.2 Å². The van der Waals surface area contributed by atoms with Crippen LogP contribution in [0, 0.1) is 10.1 Å². The molecule has 138 valence electrons. The van der Waals surface area contributed by atoms with Crippen LogP contribution in [0.25, 0.3) is 0 Å². The molecule has 0 atom stereocenters. The number of carbonyl (C=O) groups is 1. The second kappa shape index (κ2) is 8.19. The SMILES string of the molecule is CC(C)(C)c1ccc(OCCNC(=O)c2ccc([N+](=O)[O-])cc2Cl)cc1. The van der Waals surface area contributed by atoms with Crippen molar-refractivity contribution in [3.05, 3.63) is 68.7 Å². The minimum Gasteiger partial charge on any atom is -0.492 e. The third-order valence-corrected chi connectivity index (χ3v) is 4.10. The number of benzene rings is 2. The lowest BCUT2D eigenvalue weighted by molar-refractivity contribution is -0.384. The molecule has 0 aromatic heterocycles. The molecule has 7 heteroatoms. The van der Waals surface area contributed by atoms with Crippen LogP contribution in [0.3, 0.4) is 0 Å². The average Bonchev–Trinajstić information content (AvgIpc) is 2.58. The number of ether oxygens (including phenoxy) is 1. The molecule has 0 aliphatic carbocycles. The van der Waals surface area contributed by atoms with Gasteiger partial charge in [-0.3, -0.25) is 14.9 Å². The quantitative estimate of drug-likeness (QED) is 0.461. The molecule has 0 radical (unpaired) electrons. The predicted octanol–water partition coefficient (Wildman–Crippen LogP) is 4.35. The molecule has 2 rings (SSSR count). The molecule has 0 saturated carbocycles. The number of nitrogens with one attached hydrogen (secondary N) is 1. The monoisotopic (exact) mass is 376 g/mol. The number of nitro benzene ring substituents is 1. The molecule has 0 aliphatic rings. The second-order valence-corrected chi connectivity index (χ2v) is 7.21. The highest BCUT2D eigenvalue weighted by Crippen LogP contribution is 2.24. The minimum atomic E-state index is -0.563. The molecule has 26 heavy (non-hydrogen) atoms. The van der Waals surface area contributed by atoms with Crippen LogP contribution in [-0.2, 0) is 5.41 Å². The first-order valence-corrected chi connectivity index (χ1v) is 8.52. The fourth-order valence-corrected chi connectivity index (χ4v) is 2.54. The van der Waals surface area contributed by atoms with Crippen LogP contribution >= 0.6 is 11.6 Å². The molecule has 0 saturated heterocycles. The van der Waals surface area contributed by atoms with Crippen LogP contribution in [0.1, 0.15) is 36.7 Å². The van der Waals surface area contributed by atoms with Gasteiger partial charge < -0.3 is 10.1 Å². The van der Waals surface area contributed by atoms with E-state index in [2.05, 4.69) is 26.1 Å². The van der Waals surface area contributed by atoms with Gasteiger partial charge in [-0.2, -0.15) is 0 Å². The molecule has 0 heterocycles. The number of nitrogens with zero attached hydrogens (tertiary/aromatic N) is 1. The summed E-state index contributed by atoms with van der Waals surface area (Å²) in [5, 5.41) is 13.4. The van der Waals surface area contributed by atoms with Gasteiger partial charge in [-0.1, -0.05) is 44.5 Å². The number of hydrogen-bond acceptors (Lipinski definition) is 4. The first-order valence-electron chi connectivity index (χ1n) is 8.14. The average molecular weight is 377 g/mol. The van der Waals surface area contributed by atoms with Crippen LogP contribution in [0.2, 0.25) is 5.02 Å². The number of rotatable bonds is 6. The van der Waals surface area contributed by atoms with Crippen molar-refractivity contribution >= 4 is 23.2 Å². The Kier molecular flexibility index (Phi) is 6.21. The summed E-state index contributed by atoms with van der Waals surface area (Å²) in [5.41, 5.74) is 1.32. The summed E-state index contributed by atoms with van der Waals surface area (Å²) in [6.07, 6.45) is 0. The summed E-state index contributed by atoms with van der Waals surface area (Å²) < 4.78 is 5.60. The minimum absolute atomic E-state index is 0.0374. The summed E-state index contributed by atoms with van der Waals surface area (Å²) in [5.74, 6) is 0.317. The Morgan fingerprint density at radius 1 is 1.19 bits per heavy atom. The fourth-order valence-electron chi connectivity index (χ4n) is 2.28. The number of amides is 1. The third kappa shape index (κ3) is 5.20. The largest absolute Gasteiger partial charge is 0.492 e. The molecule has 0 unspecified atom stereocenters. The predicted molar refractivity (Wildman–Crippen MR) is 101 cm³/mol. The Labute approximate surface area is 157 Å². The van der Waals surface area contributed by atoms with Crippen LogP contribution in [-0.4, -0.2) is 24.0 Å². The van der Waals surface area contributed by atoms with Gasteiger partial charge in [-0.25, -0.2) is 0 Å². The summed E-state index contributed by atoms with van der Waals surface area (Å²) in [4.78, 5) is 22.2. The zero-order chi connectivity index (χ0) is 19.3. The van der Waals surface area contributed by atoms with E-state index in [9.17, 15) is 14.9 Å². The lowest BCUT2D eigenvalue weighted by atomic mass is 9.87. The van der Waals surface area contributed by atoms with Crippen LogP contribution in [0.5, 0.6) is 5.75 Å². The zero-order valence-corrected chi connectivity index (χ0v) is 15.7. The molecular formula is C19H21ClN2O4. The highest BCUT2D eigenvalue weighted by molar-refractivity contribution is 6.34. The van der Waals surface area contributed by atoms with Crippen molar-refractivity contribution in [3.63, 3.8) is 0 Å². The second-order valence-electron chi connectivity index (χ2n) is 6.80. The van der Waals surface area contributed by atoms with Gasteiger partial charge in [-0.15, -0.1) is 0 Å². The van der Waals surface area contributed by atoms with Crippen LogP contribution in [0.4, 0.5) is 5.69 Å². The Morgan fingerprint density at radius 3 is 2.38 bits per heavy atom. The van der Waals surface area contributed by atoms with E-state index in [0.717, 1.165) is 11.8 Å². The van der Waals surface area contributed by atoms with Crippen LogP contribution in [0.15, 0.2) is 42.5 Å². The molecule has 6 nitrogen and oxygen atoms in total. The van der Waals surface area contributed by atoms with Crippen molar-refractivity contribution in [3.8, 4) is 5.75 Å². The summed E-state index contributed by atoms with van der Waals surface area (Å²) >= 11 is 5.93. The van der Waals surface area contributed by atoms with Crippen molar-refractivity contribution in [2.75, 3.05) is 13.2 Å². The highest BCUT2D eigenvalue weighted by atomic mass is 35.5. The molecule has 1 N–H and O–H groups in total. The van der Waals surface area contributed by atoms with Crippen molar-refractivity contribution in [2.24, 2.45) is 0 Å². The Balaban J connectivity index is 1.84. The van der Waals surface area contributed by atoms with Gasteiger partial charge in [0.1, 0.15) is 12.4 Å². The van der Waals surface area contributed by atoms with Crippen molar-refractivity contribution in [2.45, 2.75) is 26.2 Å². The fraction of sp³-hybridized carbons (Fsp3) is 0.316. The number of hydrogen-bond donors (Lipinski definition) is 1. The van der Waals surface area contributed by atoms with Crippen LogP contribution < -0.4 is 10.1 Å². The first-order chi connectivity index (χ1) is 12.2. The number of non-ortho nitro benzene ring substituents is 1. The smallest absolute Gasteiger partial charge is 0.270 e. The van der Waals surface area contributed by atoms with E-state index < -0.39 is 10.8 Å².